The number of carbonyl (C=O) groups excluding carboxylic acids is 1. The molecule has 2 aromatic carbocycles. The number of urea groups is 1. The van der Waals surface area contributed by atoms with Gasteiger partial charge in [0.05, 0.1) is 22.3 Å². The molecular formula is C14H9Cl2N3O. The van der Waals surface area contributed by atoms with Crippen LogP contribution in [0.4, 0.5) is 16.2 Å². The fourth-order valence-corrected chi connectivity index (χ4v) is 2.00. The van der Waals surface area contributed by atoms with E-state index in [4.69, 9.17) is 28.5 Å². The van der Waals surface area contributed by atoms with E-state index in [1.807, 2.05) is 6.07 Å². The average Bonchev–Trinajstić information content (AvgIpc) is 2.42. The zero-order valence-electron chi connectivity index (χ0n) is 10.2. The predicted molar refractivity (Wildman–Crippen MR) is 80.3 cm³/mol. The minimum Gasteiger partial charge on any atom is -0.308 e. The van der Waals surface area contributed by atoms with Crippen LogP contribution in [0, 0.1) is 11.3 Å². The fourth-order valence-electron chi connectivity index (χ4n) is 1.54. The molecule has 4 nitrogen and oxygen atoms in total. The molecule has 0 saturated carbocycles. The van der Waals surface area contributed by atoms with Gasteiger partial charge in [-0.1, -0.05) is 29.3 Å². The monoisotopic (exact) mass is 305 g/mol. The van der Waals surface area contributed by atoms with E-state index in [1.165, 1.54) is 6.07 Å². The van der Waals surface area contributed by atoms with Crippen LogP contribution in [0.1, 0.15) is 5.56 Å². The molecule has 0 fully saturated rings. The van der Waals surface area contributed by atoms with E-state index < -0.39 is 6.03 Å². The van der Waals surface area contributed by atoms with E-state index in [0.717, 1.165) is 0 Å². The molecule has 0 aliphatic carbocycles. The van der Waals surface area contributed by atoms with Gasteiger partial charge in [-0.3, -0.25) is 0 Å². The van der Waals surface area contributed by atoms with Gasteiger partial charge in [0.2, 0.25) is 0 Å². The Morgan fingerprint density at radius 1 is 1.10 bits per heavy atom. The van der Waals surface area contributed by atoms with Gasteiger partial charge in [-0.2, -0.15) is 5.26 Å². The van der Waals surface area contributed by atoms with Gasteiger partial charge in [0.25, 0.3) is 0 Å². The van der Waals surface area contributed by atoms with Crippen molar-refractivity contribution in [3.63, 3.8) is 0 Å². The lowest BCUT2D eigenvalue weighted by atomic mass is 10.2. The van der Waals surface area contributed by atoms with E-state index in [9.17, 15) is 4.79 Å². The van der Waals surface area contributed by atoms with Crippen molar-refractivity contribution in [2.75, 3.05) is 10.6 Å². The van der Waals surface area contributed by atoms with Crippen LogP contribution in [0.5, 0.6) is 0 Å². The Kier molecular flexibility index (Phi) is 4.46. The maximum Gasteiger partial charge on any atom is 0.323 e. The van der Waals surface area contributed by atoms with Crippen LogP contribution in [0.25, 0.3) is 0 Å². The minimum absolute atomic E-state index is 0.346. The summed E-state index contributed by atoms with van der Waals surface area (Å²) in [6.45, 7) is 0. The summed E-state index contributed by atoms with van der Waals surface area (Å²) in [5.74, 6) is 0. The van der Waals surface area contributed by atoms with Crippen molar-refractivity contribution in [3.05, 3.63) is 58.1 Å². The highest BCUT2D eigenvalue weighted by atomic mass is 35.5. The normalized spacial score (nSPS) is 9.65. The zero-order chi connectivity index (χ0) is 14.5. The Bertz CT molecular complexity index is 695. The van der Waals surface area contributed by atoms with Crippen LogP contribution < -0.4 is 10.6 Å². The number of hydrogen-bond donors (Lipinski definition) is 2. The van der Waals surface area contributed by atoms with E-state index in [2.05, 4.69) is 10.6 Å². The molecule has 0 saturated heterocycles. The molecule has 0 aliphatic heterocycles. The first-order chi connectivity index (χ1) is 9.58. The Morgan fingerprint density at radius 3 is 2.60 bits per heavy atom. The maximum atomic E-state index is 11.8. The molecule has 100 valence electrons. The van der Waals surface area contributed by atoms with Crippen molar-refractivity contribution in [3.8, 4) is 6.07 Å². The molecule has 0 radical (unpaired) electrons. The molecule has 0 aromatic heterocycles. The Balaban J connectivity index is 2.07. The van der Waals surface area contributed by atoms with Gasteiger partial charge in [0.15, 0.2) is 0 Å². The quantitative estimate of drug-likeness (QED) is 0.857. The largest absolute Gasteiger partial charge is 0.323 e. The summed E-state index contributed by atoms with van der Waals surface area (Å²) in [4.78, 5) is 11.8. The molecular weight excluding hydrogens is 297 g/mol. The standard InChI is InChI=1S/C14H9Cl2N3O/c15-10-4-5-13(12(16)7-10)19-14(20)18-11-3-1-2-9(6-11)8-17/h1-7H,(H2,18,19,20). The number of rotatable bonds is 2. The summed E-state index contributed by atoms with van der Waals surface area (Å²) in [6.07, 6.45) is 0. The van der Waals surface area contributed by atoms with Crippen LogP contribution in [0.3, 0.4) is 0 Å². The summed E-state index contributed by atoms with van der Waals surface area (Å²) >= 11 is 11.7. The Hall–Kier alpha value is -2.22. The second kappa shape index (κ2) is 6.29. The molecule has 2 amide bonds. The van der Waals surface area contributed by atoms with Crippen LogP contribution in [0.15, 0.2) is 42.5 Å². The van der Waals surface area contributed by atoms with Crippen LogP contribution in [-0.2, 0) is 0 Å². The lowest BCUT2D eigenvalue weighted by Gasteiger charge is -2.09. The van der Waals surface area contributed by atoms with Crippen molar-refractivity contribution in [1.29, 1.82) is 5.26 Å². The Labute approximate surface area is 125 Å². The van der Waals surface area contributed by atoms with Crippen molar-refractivity contribution >= 4 is 40.6 Å². The van der Waals surface area contributed by atoms with E-state index in [1.54, 1.807) is 36.4 Å². The second-order valence-electron chi connectivity index (χ2n) is 3.90. The van der Waals surface area contributed by atoms with Crippen LogP contribution >= 0.6 is 23.2 Å². The fraction of sp³-hybridized carbons (Fsp3) is 0. The number of carbonyl (C=O) groups is 1. The molecule has 0 atom stereocenters. The molecule has 2 N–H and O–H groups in total. The van der Waals surface area contributed by atoms with Gasteiger partial charge in [0.1, 0.15) is 0 Å². The minimum atomic E-state index is -0.454. The van der Waals surface area contributed by atoms with Crippen molar-refractivity contribution in [1.82, 2.24) is 0 Å². The summed E-state index contributed by atoms with van der Waals surface area (Å²) in [7, 11) is 0. The average molecular weight is 306 g/mol. The molecule has 0 spiro atoms. The first-order valence-corrected chi connectivity index (χ1v) is 6.37. The number of nitrogens with one attached hydrogen (secondary N) is 2. The van der Waals surface area contributed by atoms with E-state index in [-0.39, 0.29) is 0 Å². The predicted octanol–water partition coefficient (Wildman–Crippen LogP) is 4.51. The molecule has 2 aromatic rings. The molecule has 20 heavy (non-hydrogen) atoms. The molecule has 2 rings (SSSR count). The lowest BCUT2D eigenvalue weighted by molar-refractivity contribution is 0.262. The van der Waals surface area contributed by atoms with Crippen LogP contribution in [-0.4, -0.2) is 6.03 Å². The second-order valence-corrected chi connectivity index (χ2v) is 4.74. The van der Waals surface area contributed by atoms with Gasteiger partial charge >= 0.3 is 6.03 Å². The van der Waals surface area contributed by atoms with Crippen molar-refractivity contribution < 1.29 is 4.79 Å². The number of anilines is 2. The number of benzene rings is 2. The van der Waals surface area contributed by atoms with Crippen molar-refractivity contribution in [2.24, 2.45) is 0 Å². The van der Waals surface area contributed by atoms with E-state index in [0.29, 0.717) is 27.0 Å². The highest BCUT2D eigenvalue weighted by molar-refractivity contribution is 6.36. The lowest BCUT2D eigenvalue weighted by Crippen LogP contribution is -2.19. The molecule has 0 heterocycles. The first kappa shape index (κ1) is 14.2. The molecule has 0 unspecified atom stereocenters. The third kappa shape index (κ3) is 3.64. The highest BCUT2D eigenvalue weighted by Gasteiger charge is 2.06. The molecule has 0 aliphatic rings. The first-order valence-electron chi connectivity index (χ1n) is 5.62. The number of nitriles is 1. The zero-order valence-corrected chi connectivity index (χ0v) is 11.7. The topological polar surface area (TPSA) is 64.9 Å². The number of hydrogen-bond acceptors (Lipinski definition) is 2. The number of amides is 2. The number of nitrogens with zero attached hydrogens (tertiary/aromatic N) is 1. The third-order valence-electron chi connectivity index (χ3n) is 2.43. The maximum absolute atomic E-state index is 11.8. The molecule has 6 heteroatoms. The van der Waals surface area contributed by atoms with Crippen LogP contribution in [0.2, 0.25) is 10.0 Å². The SMILES string of the molecule is N#Cc1cccc(NC(=O)Nc2ccc(Cl)cc2Cl)c1. The summed E-state index contributed by atoms with van der Waals surface area (Å²) in [5.41, 5.74) is 1.43. The van der Waals surface area contributed by atoms with Gasteiger partial charge in [-0.15, -0.1) is 0 Å². The van der Waals surface area contributed by atoms with Gasteiger partial charge in [-0.25, -0.2) is 4.79 Å². The smallest absolute Gasteiger partial charge is 0.308 e. The third-order valence-corrected chi connectivity index (χ3v) is 2.98. The van der Waals surface area contributed by atoms with Crippen molar-refractivity contribution in [2.45, 2.75) is 0 Å². The van der Waals surface area contributed by atoms with Gasteiger partial charge < -0.3 is 10.6 Å². The Morgan fingerprint density at radius 2 is 1.90 bits per heavy atom. The summed E-state index contributed by atoms with van der Waals surface area (Å²) in [5, 5.41) is 14.8. The van der Waals surface area contributed by atoms with E-state index >= 15 is 0 Å². The summed E-state index contributed by atoms with van der Waals surface area (Å²) in [6, 6.07) is 12.9. The summed E-state index contributed by atoms with van der Waals surface area (Å²) < 4.78 is 0. The number of halogens is 2. The van der Waals surface area contributed by atoms with Gasteiger partial charge in [0, 0.05) is 10.7 Å². The highest BCUT2D eigenvalue weighted by Crippen LogP contribution is 2.25. The van der Waals surface area contributed by atoms with Gasteiger partial charge in [-0.05, 0) is 36.4 Å². The molecule has 0 bridgehead atoms.